The first-order chi connectivity index (χ1) is 6.57. The lowest BCUT2D eigenvalue weighted by Crippen LogP contribution is -2.16. The topological polar surface area (TPSA) is 0 Å². The van der Waals surface area contributed by atoms with Gasteiger partial charge in [-0.15, -0.1) is 11.8 Å². The lowest BCUT2D eigenvalue weighted by Gasteiger charge is -2.21. The highest BCUT2D eigenvalue weighted by molar-refractivity contribution is 9.09. The molecule has 0 heterocycles. The molecule has 0 radical (unpaired) electrons. The monoisotopic (exact) mass is 272 g/mol. The molecule has 0 fully saturated rings. The normalized spacial score (nSPS) is 11.7. The minimum absolute atomic E-state index is 0.344. The number of thioether (sulfide) groups is 1. The standard InChI is InChI=1S/C12H17BrS/c1-12(2,9-13)8-10-5-4-6-11(7-10)14-3/h4-7H,8-9H2,1-3H3. The van der Waals surface area contributed by atoms with Crippen molar-refractivity contribution in [1.82, 2.24) is 0 Å². The summed E-state index contributed by atoms with van der Waals surface area (Å²) in [5.41, 5.74) is 1.78. The van der Waals surface area contributed by atoms with Gasteiger partial charge in [-0.05, 0) is 35.8 Å². The zero-order valence-electron chi connectivity index (χ0n) is 9.01. The molecule has 0 spiro atoms. The zero-order valence-corrected chi connectivity index (χ0v) is 11.4. The number of hydrogen-bond acceptors (Lipinski definition) is 1. The van der Waals surface area contributed by atoms with E-state index in [9.17, 15) is 0 Å². The second kappa shape index (κ2) is 5.22. The van der Waals surface area contributed by atoms with Gasteiger partial charge in [-0.25, -0.2) is 0 Å². The Bertz CT molecular complexity index is 294. The second-order valence-electron chi connectivity index (χ2n) is 4.33. The number of benzene rings is 1. The molecule has 78 valence electrons. The average Bonchev–Trinajstić information content (AvgIpc) is 2.17. The maximum Gasteiger partial charge on any atom is 0.00858 e. The quantitative estimate of drug-likeness (QED) is 0.579. The van der Waals surface area contributed by atoms with Crippen LogP contribution in [0.3, 0.4) is 0 Å². The van der Waals surface area contributed by atoms with Crippen molar-refractivity contribution in [1.29, 1.82) is 0 Å². The number of hydrogen-bond donors (Lipinski definition) is 0. The van der Waals surface area contributed by atoms with Crippen molar-refractivity contribution in [3.8, 4) is 0 Å². The number of rotatable bonds is 4. The van der Waals surface area contributed by atoms with Crippen LogP contribution in [0.25, 0.3) is 0 Å². The second-order valence-corrected chi connectivity index (χ2v) is 5.77. The molecule has 0 saturated heterocycles. The van der Waals surface area contributed by atoms with E-state index in [0.717, 1.165) is 11.8 Å². The molecular weight excluding hydrogens is 256 g/mol. The first kappa shape index (κ1) is 12.1. The van der Waals surface area contributed by atoms with Gasteiger partial charge in [0.25, 0.3) is 0 Å². The summed E-state index contributed by atoms with van der Waals surface area (Å²) in [6.45, 7) is 4.57. The Morgan fingerprint density at radius 1 is 1.36 bits per heavy atom. The summed E-state index contributed by atoms with van der Waals surface area (Å²) in [7, 11) is 0. The van der Waals surface area contributed by atoms with Crippen LogP contribution >= 0.6 is 27.7 Å². The molecule has 2 heteroatoms. The maximum atomic E-state index is 3.56. The van der Waals surface area contributed by atoms with E-state index in [2.05, 4.69) is 60.3 Å². The van der Waals surface area contributed by atoms with Crippen LogP contribution < -0.4 is 0 Å². The van der Waals surface area contributed by atoms with Gasteiger partial charge in [-0.2, -0.15) is 0 Å². The maximum absolute atomic E-state index is 3.56. The molecular formula is C12H17BrS. The lowest BCUT2D eigenvalue weighted by atomic mass is 9.88. The molecule has 0 amide bonds. The van der Waals surface area contributed by atoms with Crippen LogP contribution in [0, 0.1) is 5.41 Å². The molecule has 0 aliphatic rings. The summed E-state index contributed by atoms with van der Waals surface area (Å²) >= 11 is 5.36. The first-order valence-corrected chi connectivity index (χ1v) is 7.11. The van der Waals surface area contributed by atoms with Crippen molar-refractivity contribution in [3.05, 3.63) is 29.8 Å². The highest BCUT2D eigenvalue weighted by atomic mass is 79.9. The Morgan fingerprint density at radius 2 is 2.07 bits per heavy atom. The third-order valence-electron chi connectivity index (χ3n) is 2.18. The van der Waals surface area contributed by atoms with E-state index >= 15 is 0 Å². The Labute approximate surface area is 99.6 Å². The van der Waals surface area contributed by atoms with Gasteiger partial charge in [0.15, 0.2) is 0 Å². The van der Waals surface area contributed by atoms with Gasteiger partial charge in [0.2, 0.25) is 0 Å². The molecule has 1 rings (SSSR count). The molecule has 0 atom stereocenters. The Kier molecular flexibility index (Phi) is 4.52. The fourth-order valence-corrected chi connectivity index (χ4v) is 2.06. The van der Waals surface area contributed by atoms with Crippen LogP contribution in [0.1, 0.15) is 19.4 Å². The molecule has 0 bridgehead atoms. The molecule has 14 heavy (non-hydrogen) atoms. The van der Waals surface area contributed by atoms with Crippen LogP contribution in [0.5, 0.6) is 0 Å². The van der Waals surface area contributed by atoms with Crippen LogP contribution in [-0.4, -0.2) is 11.6 Å². The van der Waals surface area contributed by atoms with E-state index in [-0.39, 0.29) is 0 Å². The van der Waals surface area contributed by atoms with E-state index in [1.165, 1.54) is 10.5 Å². The summed E-state index contributed by atoms with van der Waals surface area (Å²) in [6.07, 6.45) is 3.25. The van der Waals surface area contributed by atoms with E-state index in [0.29, 0.717) is 5.41 Å². The smallest absolute Gasteiger partial charge is 0.00858 e. The van der Waals surface area contributed by atoms with Crippen molar-refractivity contribution in [3.63, 3.8) is 0 Å². The predicted molar refractivity (Wildman–Crippen MR) is 69.5 cm³/mol. The molecule has 0 nitrogen and oxygen atoms in total. The Hall–Kier alpha value is 0.0500. The third-order valence-corrected chi connectivity index (χ3v) is 4.42. The lowest BCUT2D eigenvalue weighted by molar-refractivity contribution is 0.424. The van der Waals surface area contributed by atoms with Gasteiger partial charge in [-0.1, -0.05) is 41.9 Å². The molecule has 1 aromatic carbocycles. The van der Waals surface area contributed by atoms with Crippen molar-refractivity contribution in [2.75, 3.05) is 11.6 Å². The molecule has 0 saturated carbocycles. The molecule has 1 aromatic rings. The highest BCUT2D eigenvalue weighted by Crippen LogP contribution is 2.26. The van der Waals surface area contributed by atoms with E-state index in [4.69, 9.17) is 0 Å². The first-order valence-electron chi connectivity index (χ1n) is 4.76. The summed E-state index contributed by atoms with van der Waals surface area (Å²) in [6, 6.07) is 8.81. The summed E-state index contributed by atoms with van der Waals surface area (Å²) in [5, 5.41) is 1.05. The fraction of sp³-hybridized carbons (Fsp3) is 0.500. The predicted octanol–water partition coefficient (Wildman–Crippen LogP) is 4.37. The van der Waals surface area contributed by atoms with Gasteiger partial charge < -0.3 is 0 Å². The van der Waals surface area contributed by atoms with Crippen LogP contribution in [-0.2, 0) is 6.42 Å². The van der Waals surface area contributed by atoms with Crippen LogP contribution in [0.2, 0.25) is 0 Å². The van der Waals surface area contributed by atoms with Gasteiger partial charge in [0.1, 0.15) is 0 Å². The number of alkyl halides is 1. The van der Waals surface area contributed by atoms with Gasteiger partial charge >= 0.3 is 0 Å². The van der Waals surface area contributed by atoms with Crippen molar-refractivity contribution in [2.24, 2.45) is 5.41 Å². The van der Waals surface area contributed by atoms with Crippen LogP contribution in [0.4, 0.5) is 0 Å². The zero-order chi connectivity index (χ0) is 10.6. The summed E-state index contributed by atoms with van der Waals surface area (Å²) < 4.78 is 0. The van der Waals surface area contributed by atoms with Gasteiger partial charge in [0, 0.05) is 10.2 Å². The number of halogens is 1. The summed E-state index contributed by atoms with van der Waals surface area (Å²) in [5.74, 6) is 0. The highest BCUT2D eigenvalue weighted by Gasteiger charge is 2.16. The van der Waals surface area contributed by atoms with E-state index in [1.54, 1.807) is 11.8 Å². The van der Waals surface area contributed by atoms with Crippen LogP contribution in [0.15, 0.2) is 29.2 Å². The third kappa shape index (κ3) is 3.66. The minimum Gasteiger partial charge on any atom is -0.130 e. The Morgan fingerprint density at radius 3 is 2.64 bits per heavy atom. The fourth-order valence-electron chi connectivity index (χ4n) is 1.38. The molecule has 0 unspecified atom stereocenters. The average molecular weight is 273 g/mol. The Balaban J connectivity index is 2.76. The SMILES string of the molecule is CSc1cccc(CC(C)(C)CBr)c1. The van der Waals surface area contributed by atoms with Gasteiger partial charge in [-0.3, -0.25) is 0 Å². The molecule has 0 N–H and O–H groups in total. The van der Waals surface area contributed by atoms with E-state index < -0.39 is 0 Å². The largest absolute Gasteiger partial charge is 0.130 e. The van der Waals surface area contributed by atoms with Gasteiger partial charge in [0.05, 0.1) is 0 Å². The molecule has 0 aliphatic heterocycles. The van der Waals surface area contributed by atoms with Crippen molar-refractivity contribution >= 4 is 27.7 Å². The van der Waals surface area contributed by atoms with E-state index in [1.807, 2.05) is 0 Å². The minimum atomic E-state index is 0.344. The van der Waals surface area contributed by atoms with Crippen molar-refractivity contribution in [2.45, 2.75) is 25.2 Å². The summed E-state index contributed by atoms with van der Waals surface area (Å²) in [4.78, 5) is 1.35. The molecule has 0 aliphatic carbocycles. The molecule has 0 aromatic heterocycles. The van der Waals surface area contributed by atoms with Crippen molar-refractivity contribution < 1.29 is 0 Å².